The van der Waals surface area contributed by atoms with Crippen LogP contribution in [0.5, 0.6) is 5.75 Å². The molecule has 162 valence electrons. The zero-order chi connectivity index (χ0) is 22.2. The van der Waals surface area contributed by atoms with Crippen molar-refractivity contribution in [2.45, 2.75) is 13.3 Å². The summed E-state index contributed by atoms with van der Waals surface area (Å²) in [6.07, 6.45) is -0.0222. The van der Waals surface area contributed by atoms with Crippen molar-refractivity contribution in [2.75, 3.05) is 24.7 Å². The molecule has 1 aliphatic rings. The summed E-state index contributed by atoms with van der Waals surface area (Å²) in [5, 5.41) is 0. The first-order chi connectivity index (χ1) is 15.0. The van der Waals surface area contributed by atoms with Crippen LogP contribution in [0, 0.1) is 5.92 Å². The Kier molecular flexibility index (Phi) is 7.21. The largest absolute Gasteiger partial charge is 0.492 e. The molecule has 0 aliphatic carbocycles. The van der Waals surface area contributed by atoms with Crippen LogP contribution in [0.25, 0.3) is 0 Å². The highest BCUT2D eigenvalue weighted by molar-refractivity contribution is 6.00. The predicted octanol–water partition coefficient (Wildman–Crippen LogP) is 1.44. The van der Waals surface area contributed by atoms with Crippen LogP contribution in [0.4, 0.5) is 5.69 Å². The number of ether oxygens (including phenoxy) is 2. The molecular weight excluding hydrogens is 402 g/mol. The van der Waals surface area contributed by atoms with Crippen LogP contribution in [-0.4, -0.2) is 43.4 Å². The number of nitrogens with zero attached hydrogens (tertiary/aromatic N) is 1. The Bertz CT molecular complexity index is 963. The minimum atomic E-state index is -0.700. The minimum Gasteiger partial charge on any atom is -0.492 e. The minimum absolute atomic E-state index is 0.0222. The zero-order valence-electron chi connectivity index (χ0n) is 17.0. The highest BCUT2D eigenvalue weighted by Gasteiger charge is 2.37. The third-order valence-electron chi connectivity index (χ3n) is 4.61. The Balaban J connectivity index is 1.48. The molecule has 2 aromatic rings. The van der Waals surface area contributed by atoms with Gasteiger partial charge in [0.05, 0.1) is 18.2 Å². The fourth-order valence-corrected chi connectivity index (χ4v) is 3.13. The van der Waals surface area contributed by atoms with E-state index in [9.17, 15) is 19.2 Å². The Morgan fingerprint density at radius 2 is 1.74 bits per heavy atom. The van der Waals surface area contributed by atoms with Gasteiger partial charge in [-0.25, -0.2) is 0 Å². The van der Waals surface area contributed by atoms with Gasteiger partial charge in [-0.2, -0.15) is 0 Å². The standard InChI is InChI=1S/C22H23N3O6/c1-2-30-18-11-7-6-10-17(18)25-13-16(12-20(25)27)22(29)31-14-19(26)23-24-21(28)15-8-4-3-5-9-15/h3-11,16H,2,12-14H2,1H3,(H,23,26)(H,24,28)/t16-/m0/s1. The van der Waals surface area contributed by atoms with Gasteiger partial charge in [-0.15, -0.1) is 0 Å². The molecule has 1 atom stereocenters. The van der Waals surface area contributed by atoms with Gasteiger partial charge in [-0.05, 0) is 31.2 Å². The summed E-state index contributed by atoms with van der Waals surface area (Å²) >= 11 is 0. The molecule has 0 unspecified atom stereocenters. The maximum Gasteiger partial charge on any atom is 0.311 e. The number of esters is 1. The summed E-state index contributed by atoms with van der Waals surface area (Å²) in [6, 6.07) is 15.4. The number of hydrogen-bond acceptors (Lipinski definition) is 6. The number of para-hydroxylation sites is 2. The molecule has 1 saturated heterocycles. The van der Waals surface area contributed by atoms with Gasteiger partial charge in [0.15, 0.2) is 6.61 Å². The molecule has 1 heterocycles. The van der Waals surface area contributed by atoms with E-state index in [-0.39, 0.29) is 18.9 Å². The van der Waals surface area contributed by atoms with E-state index in [1.165, 1.54) is 4.90 Å². The van der Waals surface area contributed by atoms with E-state index in [1.54, 1.807) is 54.6 Å². The second-order valence-electron chi connectivity index (χ2n) is 6.78. The molecule has 0 spiro atoms. The van der Waals surface area contributed by atoms with E-state index in [0.29, 0.717) is 23.6 Å². The normalized spacial score (nSPS) is 15.3. The number of hydrazine groups is 1. The van der Waals surface area contributed by atoms with Gasteiger partial charge < -0.3 is 14.4 Å². The Labute approximate surface area is 179 Å². The van der Waals surface area contributed by atoms with Gasteiger partial charge in [0.1, 0.15) is 5.75 Å². The number of rotatable bonds is 7. The van der Waals surface area contributed by atoms with Crippen molar-refractivity contribution >= 4 is 29.4 Å². The number of hydrogen-bond donors (Lipinski definition) is 2. The van der Waals surface area contributed by atoms with Gasteiger partial charge >= 0.3 is 5.97 Å². The molecule has 2 aromatic carbocycles. The summed E-state index contributed by atoms with van der Waals surface area (Å²) in [4.78, 5) is 50.0. The third kappa shape index (κ3) is 5.59. The number of anilines is 1. The van der Waals surface area contributed by atoms with Crippen LogP contribution in [0.3, 0.4) is 0 Å². The lowest BCUT2D eigenvalue weighted by Gasteiger charge is -2.19. The smallest absolute Gasteiger partial charge is 0.311 e. The first-order valence-corrected chi connectivity index (χ1v) is 9.82. The summed E-state index contributed by atoms with van der Waals surface area (Å²) in [6.45, 7) is 1.85. The molecule has 0 radical (unpaired) electrons. The molecule has 9 heteroatoms. The highest BCUT2D eigenvalue weighted by atomic mass is 16.5. The van der Waals surface area contributed by atoms with Crippen molar-refractivity contribution in [1.82, 2.24) is 10.9 Å². The van der Waals surface area contributed by atoms with E-state index < -0.39 is 30.3 Å². The van der Waals surface area contributed by atoms with Crippen LogP contribution in [0.1, 0.15) is 23.7 Å². The fraction of sp³-hybridized carbons (Fsp3) is 0.273. The Morgan fingerprint density at radius 1 is 1.03 bits per heavy atom. The molecule has 31 heavy (non-hydrogen) atoms. The van der Waals surface area contributed by atoms with Gasteiger partial charge in [0, 0.05) is 18.5 Å². The molecule has 0 saturated carbocycles. The van der Waals surface area contributed by atoms with Crippen molar-refractivity contribution in [1.29, 1.82) is 0 Å². The maximum atomic E-state index is 12.4. The molecule has 2 N–H and O–H groups in total. The first-order valence-electron chi connectivity index (χ1n) is 9.82. The summed E-state index contributed by atoms with van der Waals surface area (Å²) in [5.74, 6) is -2.22. The maximum absolute atomic E-state index is 12.4. The number of carbonyl (C=O) groups is 4. The molecule has 1 fully saturated rings. The number of carbonyl (C=O) groups excluding carboxylic acids is 4. The van der Waals surface area contributed by atoms with Crippen molar-refractivity contribution in [3.63, 3.8) is 0 Å². The fourth-order valence-electron chi connectivity index (χ4n) is 3.13. The van der Waals surface area contributed by atoms with E-state index in [4.69, 9.17) is 9.47 Å². The van der Waals surface area contributed by atoms with Crippen molar-refractivity contribution in [2.24, 2.45) is 5.92 Å². The topological polar surface area (TPSA) is 114 Å². The second-order valence-corrected chi connectivity index (χ2v) is 6.78. The number of amides is 3. The van der Waals surface area contributed by atoms with Crippen LogP contribution < -0.4 is 20.5 Å². The second kappa shape index (κ2) is 10.2. The highest BCUT2D eigenvalue weighted by Crippen LogP contribution is 2.33. The first kappa shape index (κ1) is 21.8. The lowest BCUT2D eigenvalue weighted by Crippen LogP contribution is -2.43. The lowest BCUT2D eigenvalue weighted by atomic mass is 10.1. The monoisotopic (exact) mass is 425 g/mol. The summed E-state index contributed by atoms with van der Waals surface area (Å²) in [7, 11) is 0. The van der Waals surface area contributed by atoms with Gasteiger partial charge in [0.2, 0.25) is 5.91 Å². The average molecular weight is 425 g/mol. The number of nitrogens with one attached hydrogen (secondary N) is 2. The van der Waals surface area contributed by atoms with Crippen molar-refractivity contribution in [3.8, 4) is 5.75 Å². The van der Waals surface area contributed by atoms with Crippen molar-refractivity contribution < 1.29 is 28.7 Å². The summed E-state index contributed by atoms with van der Waals surface area (Å²) < 4.78 is 10.6. The van der Waals surface area contributed by atoms with Crippen LogP contribution in [0.2, 0.25) is 0 Å². The SMILES string of the molecule is CCOc1ccccc1N1C[C@@H](C(=O)OCC(=O)NNC(=O)c2ccccc2)CC1=O. The zero-order valence-corrected chi connectivity index (χ0v) is 17.0. The molecular formula is C22H23N3O6. The summed E-state index contributed by atoms with van der Waals surface area (Å²) in [5.41, 5.74) is 5.38. The van der Waals surface area contributed by atoms with E-state index >= 15 is 0 Å². The quantitative estimate of drug-likeness (QED) is 0.513. The molecule has 3 rings (SSSR count). The van der Waals surface area contributed by atoms with E-state index in [1.807, 2.05) is 6.92 Å². The van der Waals surface area contributed by atoms with Crippen LogP contribution in [0.15, 0.2) is 54.6 Å². The average Bonchev–Trinajstić information content (AvgIpc) is 3.18. The number of benzene rings is 2. The molecule has 0 bridgehead atoms. The third-order valence-corrected chi connectivity index (χ3v) is 4.61. The van der Waals surface area contributed by atoms with Crippen LogP contribution >= 0.6 is 0 Å². The Hall–Kier alpha value is -3.88. The van der Waals surface area contributed by atoms with Crippen molar-refractivity contribution in [3.05, 3.63) is 60.2 Å². The van der Waals surface area contributed by atoms with Gasteiger partial charge in [-0.1, -0.05) is 30.3 Å². The molecule has 0 aromatic heterocycles. The van der Waals surface area contributed by atoms with E-state index in [2.05, 4.69) is 10.9 Å². The van der Waals surface area contributed by atoms with Gasteiger partial charge in [-0.3, -0.25) is 30.0 Å². The predicted molar refractivity (Wildman–Crippen MR) is 111 cm³/mol. The molecule has 9 nitrogen and oxygen atoms in total. The van der Waals surface area contributed by atoms with Gasteiger partial charge in [0.25, 0.3) is 11.8 Å². The Morgan fingerprint density at radius 3 is 2.48 bits per heavy atom. The molecule has 1 aliphatic heterocycles. The lowest BCUT2D eigenvalue weighted by molar-refractivity contribution is -0.152. The molecule has 3 amide bonds. The van der Waals surface area contributed by atoms with E-state index in [0.717, 1.165) is 0 Å². The van der Waals surface area contributed by atoms with Crippen LogP contribution in [-0.2, 0) is 19.1 Å².